The summed E-state index contributed by atoms with van der Waals surface area (Å²) < 4.78 is 26.0. The van der Waals surface area contributed by atoms with Crippen molar-refractivity contribution in [2.45, 2.75) is 31.4 Å². The van der Waals surface area contributed by atoms with Gasteiger partial charge in [-0.1, -0.05) is 23.7 Å². The molecule has 6 heteroatoms. The van der Waals surface area contributed by atoms with Crippen molar-refractivity contribution in [1.82, 2.24) is 10.6 Å². The standard InChI is InChI=1S/C13H15ClF2N2O/c1-8(9-2-4-10(14)5-3-9)18-12(19)11-6-13(15,16)7-17-11/h2-5,8,11,17H,6-7H2,1H3,(H,18,19). The number of amides is 1. The summed E-state index contributed by atoms with van der Waals surface area (Å²) in [4.78, 5) is 11.9. The second kappa shape index (κ2) is 5.43. The Balaban J connectivity index is 1.94. The van der Waals surface area contributed by atoms with Crippen LogP contribution in [-0.4, -0.2) is 24.4 Å². The maximum absolute atomic E-state index is 13.0. The maximum Gasteiger partial charge on any atom is 0.262 e. The Labute approximate surface area is 115 Å². The van der Waals surface area contributed by atoms with E-state index in [1.807, 2.05) is 0 Å². The Bertz CT molecular complexity index is 464. The summed E-state index contributed by atoms with van der Waals surface area (Å²) >= 11 is 5.78. The molecule has 1 aliphatic rings. The van der Waals surface area contributed by atoms with Gasteiger partial charge in [0.2, 0.25) is 5.91 Å². The lowest BCUT2D eigenvalue weighted by Gasteiger charge is -2.17. The third kappa shape index (κ3) is 3.64. The van der Waals surface area contributed by atoms with Crippen molar-refractivity contribution in [2.24, 2.45) is 0 Å². The van der Waals surface area contributed by atoms with Crippen LogP contribution in [0.25, 0.3) is 0 Å². The minimum absolute atomic E-state index is 0.249. The minimum atomic E-state index is -2.80. The van der Waals surface area contributed by atoms with Crippen LogP contribution in [0, 0.1) is 0 Å². The van der Waals surface area contributed by atoms with Gasteiger partial charge in [0.15, 0.2) is 0 Å². The molecule has 1 saturated heterocycles. The van der Waals surface area contributed by atoms with Crippen molar-refractivity contribution in [1.29, 1.82) is 0 Å². The van der Waals surface area contributed by atoms with Gasteiger partial charge < -0.3 is 5.32 Å². The van der Waals surface area contributed by atoms with Crippen molar-refractivity contribution in [3.05, 3.63) is 34.9 Å². The zero-order valence-corrected chi connectivity index (χ0v) is 11.2. The van der Waals surface area contributed by atoms with Gasteiger partial charge in [0.1, 0.15) is 0 Å². The van der Waals surface area contributed by atoms with Crippen molar-refractivity contribution in [3.8, 4) is 0 Å². The van der Waals surface area contributed by atoms with Crippen LogP contribution < -0.4 is 10.6 Å². The molecule has 19 heavy (non-hydrogen) atoms. The van der Waals surface area contributed by atoms with Crippen LogP contribution in [0.5, 0.6) is 0 Å². The van der Waals surface area contributed by atoms with Gasteiger partial charge in [-0.05, 0) is 24.6 Å². The number of alkyl halides is 2. The Hall–Kier alpha value is -1.20. The van der Waals surface area contributed by atoms with Crippen LogP contribution in [0.15, 0.2) is 24.3 Å². The van der Waals surface area contributed by atoms with E-state index in [9.17, 15) is 13.6 Å². The van der Waals surface area contributed by atoms with E-state index < -0.39 is 30.8 Å². The molecule has 1 heterocycles. The number of halogens is 3. The van der Waals surface area contributed by atoms with Gasteiger partial charge in [0.05, 0.1) is 18.6 Å². The molecule has 2 atom stereocenters. The summed E-state index contributed by atoms with van der Waals surface area (Å²) in [5.41, 5.74) is 0.877. The first kappa shape index (κ1) is 14.2. The van der Waals surface area contributed by atoms with Crippen molar-refractivity contribution in [2.75, 3.05) is 6.54 Å². The highest BCUT2D eigenvalue weighted by Gasteiger charge is 2.42. The zero-order valence-electron chi connectivity index (χ0n) is 10.4. The van der Waals surface area contributed by atoms with Gasteiger partial charge in [0.25, 0.3) is 5.92 Å². The first-order valence-corrected chi connectivity index (χ1v) is 6.42. The Morgan fingerprint density at radius 3 is 2.63 bits per heavy atom. The molecule has 0 aliphatic carbocycles. The van der Waals surface area contributed by atoms with E-state index in [4.69, 9.17) is 11.6 Å². The fourth-order valence-electron chi connectivity index (χ4n) is 2.05. The van der Waals surface area contributed by atoms with E-state index >= 15 is 0 Å². The molecule has 2 N–H and O–H groups in total. The average Bonchev–Trinajstić information content (AvgIpc) is 2.70. The molecule has 104 valence electrons. The van der Waals surface area contributed by atoms with E-state index in [0.717, 1.165) is 5.56 Å². The third-order valence-electron chi connectivity index (χ3n) is 3.16. The van der Waals surface area contributed by atoms with E-state index in [1.165, 1.54) is 0 Å². The van der Waals surface area contributed by atoms with E-state index in [2.05, 4.69) is 10.6 Å². The first-order chi connectivity index (χ1) is 8.87. The van der Waals surface area contributed by atoms with Crippen molar-refractivity contribution in [3.63, 3.8) is 0 Å². The Morgan fingerprint density at radius 2 is 2.11 bits per heavy atom. The normalized spacial score (nSPS) is 23.1. The minimum Gasteiger partial charge on any atom is -0.348 e. The zero-order chi connectivity index (χ0) is 14.0. The Kier molecular flexibility index (Phi) is 4.06. The molecular weight excluding hydrogens is 274 g/mol. The molecule has 0 bridgehead atoms. The number of benzene rings is 1. The second-order valence-corrected chi connectivity index (χ2v) is 5.21. The van der Waals surface area contributed by atoms with Gasteiger partial charge in [0, 0.05) is 11.4 Å². The predicted octanol–water partition coefficient (Wildman–Crippen LogP) is 2.51. The largest absolute Gasteiger partial charge is 0.348 e. The summed E-state index contributed by atoms with van der Waals surface area (Å²) in [5, 5.41) is 5.86. The first-order valence-electron chi connectivity index (χ1n) is 6.04. The van der Waals surface area contributed by atoms with Crippen molar-refractivity contribution < 1.29 is 13.6 Å². The van der Waals surface area contributed by atoms with Crippen LogP contribution in [0.4, 0.5) is 8.78 Å². The highest BCUT2D eigenvalue weighted by Crippen LogP contribution is 2.25. The number of nitrogens with one attached hydrogen (secondary N) is 2. The number of hydrogen-bond acceptors (Lipinski definition) is 2. The smallest absolute Gasteiger partial charge is 0.262 e. The third-order valence-corrected chi connectivity index (χ3v) is 3.41. The molecule has 0 radical (unpaired) electrons. The number of carbonyl (C=O) groups excluding carboxylic acids is 1. The van der Waals surface area contributed by atoms with Crippen molar-refractivity contribution >= 4 is 17.5 Å². The number of hydrogen-bond donors (Lipinski definition) is 2. The molecule has 0 saturated carbocycles. The van der Waals surface area contributed by atoms with E-state index in [1.54, 1.807) is 31.2 Å². The molecular formula is C13H15ClF2N2O. The summed E-state index contributed by atoms with van der Waals surface area (Å²) in [6, 6.07) is 5.96. The lowest BCUT2D eigenvalue weighted by Crippen LogP contribution is -2.41. The van der Waals surface area contributed by atoms with Crippen LogP contribution >= 0.6 is 11.6 Å². The Morgan fingerprint density at radius 1 is 1.47 bits per heavy atom. The summed E-state index contributed by atoms with van der Waals surface area (Å²) in [6.45, 7) is 1.36. The second-order valence-electron chi connectivity index (χ2n) is 4.78. The molecule has 1 aliphatic heterocycles. The van der Waals surface area contributed by atoms with Gasteiger partial charge in [-0.3, -0.25) is 10.1 Å². The van der Waals surface area contributed by atoms with Gasteiger partial charge in [-0.15, -0.1) is 0 Å². The number of carbonyl (C=O) groups is 1. The van der Waals surface area contributed by atoms with Crippen LogP contribution in [0.3, 0.4) is 0 Å². The van der Waals surface area contributed by atoms with Crippen LogP contribution in [-0.2, 0) is 4.79 Å². The molecule has 2 rings (SSSR count). The maximum atomic E-state index is 13.0. The lowest BCUT2D eigenvalue weighted by atomic mass is 10.1. The average molecular weight is 289 g/mol. The van der Waals surface area contributed by atoms with E-state index in [0.29, 0.717) is 5.02 Å². The summed E-state index contributed by atoms with van der Waals surface area (Å²) in [7, 11) is 0. The predicted molar refractivity (Wildman–Crippen MR) is 69.4 cm³/mol. The number of rotatable bonds is 3. The summed E-state index contributed by atoms with van der Waals surface area (Å²) in [6.07, 6.45) is -0.452. The topological polar surface area (TPSA) is 41.1 Å². The van der Waals surface area contributed by atoms with Gasteiger partial charge >= 0.3 is 0 Å². The molecule has 1 aromatic carbocycles. The molecule has 1 fully saturated rings. The lowest BCUT2D eigenvalue weighted by molar-refractivity contribution is -0.124. The fraction of sp³-hybridized carbons (Fsp3) is 0.462. The fourth-order valence-corrected chi connectivity index (χ4v) is 2.18. The monoisotopic (exact) mass is 288 g/mol. The molecule has 1 amide bonds. The molecule has 2 unspecified atom stereocenters. The molecule has 3 nitrogen and oxygen atoms in total. The quantitative estimate of drug-likeness (QED) is 0.897. The highest BCUT2D eigenvalue weighted by atomic mass is 35.5. The molecule has 0 spiro atoms. The summed E-state index contributed by atoms with van der Waals surface area (Å²) in [5.74, 6) is -3.20. The molecule has 1 aromatic rings. The van der Waals surface area contributed by atoms with E-state index in [-0.39, 0.29) is 6.04 Å². The highest BCUT2D eigenvalue weighted by molar-refractivity contribution is 6.30. The SMILES string of the molecule is CC(NC(=O)C1CC(F)(F)CN1)c1ccc(Cl)cc1. The van der Waals surface area contributed by atoms with Crippen LogP contribution in [0.2, 0.25) is 5.02 Å². The van der Waals surface area contributed by atoms with Gasteiger partial charge in [-0.2, -0.15) is 0 Å². The molecule has 0 aromatic heterocycles. The van der Waals surface area contributed by atoms with Gasteiger partial charge in [-0.25, -0.2) is 8.78 Å². The van der Waals surface area contributed by atoms with Crippen LogP contribution in [0.1, 0.15) is 24.9 Å².